The average molecular weight is 286 g/mol. The Morgan fingerprint density at radius 2 is 1.65 bits per heavy atom. The molecule has 0 saturated heterocycles. The first-order valence-corrected chi connectivity index (χ1v) is 8.11. The Labute approximate surface area is 125 Å². The van der Waals surface area contributed by atoms with Gasteiger partial charge in [-0.25, -0.2) is 0 Å². The molecule has 0 bridgehead atoms. The van der Waals surface area contributed by atoms with Crippen LogP contribution in [0.5, 0.6) is 0 Å². The Morgan fingerprint density at radius 1 is 1.10 bits per heavy atom. The van der Waals surface area contributed by atoms with Crippen molar-refractivity contribution >= 4 is 5.97 Å². The number of hydrogen-bond acceptors (Lipinski definition) is 4. The van der Waals surface area contributed by atoms with Crippen molar-refractivity contribution in [2.24, 2.45) is 0 Å². The van der Waals surface area contributed by atoms with E-state index in [4.69, 9.17) is 4.74 Å². The molecule has 0 aliphatic rings. The van der Waals surface area contributed by atoms with Gasteiger partial charge in [0.2, 0.25) is 0 Å². The first-order chi connectivity index (χ1) is 9.54. The summed E-state index contributed by atoms with van der Waals surface area (Å²) in [6.07, 6.45) is 5.70. The van der Waals surface area contributed by atoms with Crippen LogP contribution in [0.4, 0.5) is 0 Å². The number of nitrogens with one attached hydrogen (secondary N) is 1. The Hall–Kier alpha value is -0.610. The molecule has 0 aromatic carbocycles. The molecule has 0 aliphatic heterocycles. The standard InChI is InChI=1S/C16H34N2O2/c1-6-8-11-18(12-9-7-2)13-10-15(16(19)20-5)17-14(3)4/h14-15,17H,6-13H2,1-5H3. The van der Waals surface area contributed by atoms with E-state index in [0.717, 1.165) is 26.1 Å². The first kappa shape index (κ1) is 19.4. The highest BCUT2D eigenvalue weighted by Crippen LogP contribution is 2.04. The molecule has 0 aromatic heterocycles. The smallest absolute Gasteiger partial charge is 0.322 e. The van der Waals surface area contributed by atoms with Crippen molar-refractivity contribution < 1.29 is 9.53 Å². The maximum Gasteiger partial charge on any atom is 0.322 e. The van der Waals surface area contributed by atoms with Crippen molar-refractivity contribution in [2.45, 2.75) is 71.9 Å². The van der Waals surface area contributed by atoms with Crippen molar-refractivity contribution in [3.05, 3.63) is 0 Å². The van der Waals surface area contributed by atoms with E-state index >= 15 is 0 Å². The molecule has 4 nitrogen and oxygen atoms in total. The molecular formula is C16H34N2O2. The number of hydrogen-bond donors (Lipinski definition) is 1. The Balaban J connectivity index is 4.31. The van der Waals surface area contributed by atoms with Gasteiger partial charge in [0.05, 0.1) is 7.11 Å². The molecule has 0 spiro atoms. The van der Waals surface area contributed by atoms with E-state index in [2.05, 4.69) is 37.9 Å². The molecule has 0 amide bonds. The van der Waals surface area contributed by atoms with Gasteiger partial charge in [0.25, 0.3) is 0 Å². The zero-order valence-corrected chi connectivity index (χ0v) is 14.1. The summed E-state index contributed by atoms with van der Waals surface area (Å²) >= 11 is 0. The fraction of sp³-hybridized carbons (Fsp3) is 0.938. The van der Waals surface area contributed by atoms with E-state index < -0.39 is 0 Å². The van der Waals surface area contributed by atoms with Crippen LogP contribution in [-0.4, -0.2) is 49.7 Å². The number of methoxy groups -OCH3 is 1. The van der Waals surface area contributed by atoms with Crippen molar-refractivity contribution in [1.82, 2.24) is 10.2 Å². The third-order valence-electron chi connectivity index (χ3n) is 3.41. The number of ether oxygens (including phenoxy) is 1. The highest BCUT2D eigenvalue weighted by molar-refractivity contribution is 5.75. The van der Waals surface area contributed by atoms with E-state index in [-0.39, 0.29) is 12.0 Å². The number of nitrogens with zero attached hydrogens (tertiary/aromatic N) is 1. The van der Waals surface area contributed by atoms with Gasteiger partial charge in [0, 0.05) is 12.6 Å². The van der Waals surface area contributed by atoms with Crippen molar-refractivity contribution in [3.63, 3.8) is 0 Å². The second-order valence-electron chi connectivity index (χ2n) is 5.73. The predicted octanol–water partition coefficient (Wildman–Crippen LogP) is 2.82. The minimum Gasteiger partial charge on any atom is -0.468 e. The number of carbonyl (C=O) groups is 1. The number of rotatable bonds is 12. The van der Waals surface area contributed by atoms with Gasteiger partial charge >= 0.3 is 5.97 Å². The van der Waals surface area contributed by atoms with Gasteiger partial charge in [0.15, 0.2) is 0 Å². The van der Waals surface area contributed by atoms with E-state index in [0.29, 0.717) is 6.04 Å². The molecule has 1 unspecified atom stereocenters. The quantitative estimate of drug-likeness (QED) is 0.560. The summed E-state index contributed by atoms with van der Waals surface area (Å²) in [4.78, 5) is 14.3. The molecular weight excluding hydrogens is 252 g/mol. The Kier molecular flexibility index (Phi) is 11.8. The van der Waals surface area contributed by atoms with Crippen molar-refractivity contribution in [2.75, 3.05) is 26.7 Å². The lowest BCUT2D eigenvalue weighted by molar-refractivity contribution is -0.143. The normalized spacial score (nSPS) is 12.9. The third kappa shape index (κ3) is 9.32. The van der Waals surface area contributed by atoms with Crippen LogP contribution in [0.1, 0.15) is 59.8 Å². The summed E-state index contributed by atoms with van der Waals surface area (Å²) in [7, 11) is 1.46. The third-order valence-corrected chi connectivity index (χ3v) is 3.41. The topological polar surface area (TPSA) is 41.6 Å². The molecule has 1 N–H and O–H groups in total. The van der Waals surface area contributed by atoms with E-state index in [1.54, 1.807) is 0 Å². The summed E-state index contributed by atoms with van der Waals surface area (Å²) in [5.74, 6) is -0.148. The largest absolute Gasteiger partial charge is 0.468 e. The summed E-state index contributed by atoms with van der Waals surface area (Å²) in [6.45, 7) is 11.8. The van der Waals surface area contributed by atoms with Crippen molar-refractivity contribution in [3.8, 4) is 0 Å². The van der Waals surface area contributed by atoms with Gasteiger partial charge < -0.3 is 15.0 Å². The maximum absolute atomic E-state index is 11.8. The van der Waals surface area contributed by atoms with Crippen LogP contribution >= 0.6 is 0 Å². The lowest BCUT2D eigenvalue weighted by Crippen LogP contribution is -2.44. The maximum atomic E-state index is 11.8. The fourth-order valence-electron chi connectivity index (χ4n) is 2.22. The van der Waals surface area contributed by atoms with Crippen LogP contribution in [0.2, 0.25) is 0 Å². The van der Waals surface area contributed by atoms with E-state index in [1.807, 2.05) is 0 Å². The molecule has 120 valence electrons. The van der Waals surface area contributed by atoms with Crippen LogP contribution in [0, 0.1) is 0 Å². The van der Waals surface area contributed by atoms with Gasteiger partial charge in [-0.1, -0.05) is 40.5 Å². The first-order valence-electron chi connectivity index (χ1n) is 8.11. The van der Waals surface area contributed by atoms with Crippen molar-refractivity contribution in [1.29, 1.82) is 0 Å². The second-order valence-corrected chi connectivity index (χ2v) is 5.73. The molecule has 0 aliphatic carbocycles. The molecule has 0 saturated carbocycles. The van der Waals surface area contributed by atoms with E-state index in [9.17, 15) is 4.79 Å². The zero-order chi connectivity index (χ0) is 15.4. The van der Waals surface area contributed by atoms with E-state index in [1.165, 1.54) is 32.8 Å². The monoisotopic (exact) mass is 286 g/mol. The number of esters is 1. The molecule has 0 radical (unpaired) electrons. The Bertz CT molecular complexity index is 237. The van der Waals surface area contributed by atoms with Gasteiger partial charge in [0.1, 0.15) is 6.04 Å². The van der Waals surface area contributed by atoms with Crippen LogP contribution in [0.25, 0.3) is 0 Å². The van der Waals surface area contributed by atoms with Gasteiger partial charge in [-0.2, -0.15) is 0 Å². The van der Waals surface area contributed by atoms with Gasteiger partial charge in [-0.3, -0.25) is 4.79 Å². The average Bonchev–Trinajstić information content (AvgIpc) is 2.43. The molecule has 0 heterocycles. The lowest BCUT2D eigenvalue weighted by Gasteiger charge is -2.25. The molecule has 1 atom stereocenters. The number of carbonyl (C=O) groups excluding carboxylic acids is 1. The Morgan fingerprint density at radius 3 is 2.05 bits per heavy atom. The highest BCUT2D eigenvalue weighted by atomic mass is 16.5. The minimum absolute atomic E-state index is 0.148. The molecule has 0 aromatic rings. The predicted molar refractivity (Wildman–Crippen MR) is 84.9 cm³/mol. The molecule has 20 heavy (non-hydrogen) atoms. The van der Waals surface area contributed by atoms with Crippen LogP contribution in [0.15, 0.2) is 0 Å². The SMILES string of the molecule is CCCCN(CCCC)CCC(NC(C)C)C(=O)OC. The van der Waals surface area contributed by atoms with Gasteiger partial charge in [-0.15, -0.1) is 0 Å². The second kappa shape index (κ2) is 12.2. The van der Waals surface area contributed by atoms with Gasteiger partial charge in [-0.05, 0) is 32.4 Å². The highest BCUT2D eigenvalue weighted by Gasteiger charge is 2.20. The summed E-state index contributed by atoms with van der Waals surface area (Å²) in [5, 5.41) is 3.30. The summed E-state index contributed by atoms with van der Waals surface area (Å²) < 4.78 is 4.89. The van der Waals surface area contributed by atoms with Crippen LogP contribution < -0.4 is 5.32 Å². The van der Waals surface area contributed by atoms with Crippen LogP contribution in [0.3, 0.4) is 0 Å². The molecule has 0 rings (SSSR count). The number of unbranched alkanes of at least 4 members (excludes halogenated alkanes) is 2. The summed E-state index contributed by atoms with van der Waals surface area (Å²) in [6, 6.07) is 0.101. The molecule has 4 heteroatoms. The molecule has 0 fully saturated rings. The summed E-state index contributed by atoms with van der Waals surface area (Å²) in [5.41, 5.74) is 0. The lowest BCUT2D eigenvalue weighted by atomic mass is 10.1. The van der Waals surface area contributed by atoms with Crippen LogP contribution in [-0.2, 0) is 9.53 Å². The zero-order valence-electron chi connectivity index (χ0n) is 14.1. The minimum atomic E-state index is -0.189. The fourth-order valence-corrected chi connectivity index (χ4v) is 2.22.